The van der Waals surface area contributed by atoms with E-state index >= 15 is 0 Å². The first-order valence-electron chi connectivity index (χ1n) is 6.68. The molecule has 0 radical (unpaired) electrons. The molecule has 126 valence electrons. The van der Waals surface area contributed by atoms with E-state index in [2.05, 4.69) is 9.71 Å². The molecular formula is C14H13N3O5S2. The second-order valence-electron chi connectivity index (χ2n) is 5.04. The van der Waals surface area contributed by atoms with E-state index in [4.69, 9.17) is 9.56 Å². The van der Waals surface area contributed by atoms with E-state index in [0.29, 0.717) is 22.7 Å². The van der Waals surface area contributed by atoms with Crippen molar-refractivity contribution in [2.75, 3.05) is 4.72 Å². The first-order valence-corrected chi connectivity index (χ1v) is 9.71. The van der Waals surface area contributed by atoms with Crippen molar-refractivity contribution in [2.45, 2.75) is 16.7 Å². The lowest BCUT2D eigenvalue weighted by Gasteiger charge is -2.08. The van der Waals surface area contributed by atoms with E-state index in [0.717, 1.165) is 12.1 Å². The van der Waals surface area contributed by atoms with E-state index in [-0.39, 0.29) is 9.79 Å². The Kier molecular flexibility index (Phi) is 3.82. The fourth-order valence-electron chi connectivity index (χ4n) is 2.13. The maximum atomic E-state index is 12.4. The molecule has 0 aliphatic heterocycles. The van der Waals surface area contributed by atoms with Gasteiger partial charge in [0.1, 0.15) is 5.52 Å². The maximum Gasteiger partial charge on any atom is 0.261 e. The second kappa shape index (κ2) is 5.58. The summed E-state index contributed by atoms with van der Waals surface area (Å²) in [5, 5.41) is 4.99. The number of oxazole rings is 1. The minimum atomic E-state index is -3.88. The molecule has 2 aromatic carbocycles. The van der Waals surface area contributed by atoms with E-state index in [1.165, 1.54) is 12.1 Å². The number of benzene rings is 2. The number of hydrogen-bond donors (Lipinski definition) is 2. The number of aryl methyl sites for hydroxylation is 1. The van der Waals surface area contributed by atoms with E-state index < -0.39 is 20.0 Å². The van der Waals surface area contributed by atoms with Crippen LogP contribution in [0.4, 0.5) is 5.69 Å². The van der Waals surface area contributed by atoms with E-state index in [9.17, 15) is 16.8 Å². The molecule has 0 saturated carbocycles. The average molecular weight is 367 g/mol. The summed E-state index contributed by atoms with van der Waals surface area (Å²) in [5.41, 5.74) is 1.39. The van der Waals surface area contributed by atoms with Crippen LogP contribution in [-0.2, 0) is 20.0 Å². The Balaban J connectivity index is 1.92. The summed E-state index contributed by atoms with van der Waals surface area (Å²) in [6.07, 6.45) is 0. The van der Waals surface area contributed by atoms with Crippen LogP contribution in [0.1, 0.15) is 5.89 Å². The zero-order valence-corrected chi connectivity index (χ0v) is 14.1. The molecule has 0 fully saturated rings. The largest absolute Gasteiger partial charge is 0.441 e. The van der Waals surface area contributed by atoms with Crippen molar-refractivity contribution in [1.82, 2.24) is 4.98 Å². The van der Waals surface area contributed by atoms with Gasteiger partial charge in [0.25, 0.3) is 10.0 Å². The van der Waals surface area contributed by atoms with Gasteiger partial charge in [0.2, 0.25) is 10.0 Å². The van der Waals surface area contributed by atoms with Crippen LogP contribution in [0.15, 0.2) is 56.7 Å². The zero-order valence-electron chi connectivity index (χ0n) is 12.4. The summed E-state index contributed by atoms with van der Waals surface area (Å²) in [5.74, 6) is 0.476. The van der Waals surface area contributed by atoms with E-state index in [1.54, 1.807) is 25.1 Å². The summed E-state index contributed by atoms with van der Waals surface area (Å²) < 4.78 is 54.9. The SMILES string of the molecule is Cc1nc2cc(NS(=O)(=O)c3ccc(S(N)(=O)=O)cc3)ccc2o1. The Morgan fingerprint density at radius 3 is 2.25 bits per heavy atom. The molecule has 24 heavy (non-hydrogen) atoms. The van der Waals surface area contributed by atoms with Gasteiger partial charge in [-0.15, -0.1) is 0 Å². The van der Waals surface area contributed by atoms with Gasteiger partial charge in [-0.2, -0.15) is 0 Å². The first kappa shape index (κ1) is 16.4. The van der Waals surface area contributed by atoms with Crippen molar-refractivity contribution in [1.29, 1.82) is 0 Å². The van der Waals surface area contributed by atoms with Gasteiger partial charge < -0.3 is 4.42 Å². The Hall–Kier alpha value is -2.43. The Bertz CT molecular complexity index is 1120. The van der Waals surface area contributed by atoms with Gasteiger partial charge in [0, 0.05) is 6.92 Å². The highest BCUT2D eigenvalue weighted by Gasteiger charge is 2.16. The van der Waals surface area contributed by atoms with Crippen molar-refractivity contribution in [3.63, 3.8) is 0 Å². The molecule has 3 N–H and O–H groups in total. The van der Waals surface area contributed by atoms with Gasteiger partial charge in [0.15, 0.2) is 11.5 Å². The predicted molar refractivity (Wildman–Crippen MR) is 87.4 cm³/mol. The van der Waals surface area contributed by atoms with Crippen LogP contribution in [0.2, 0.25) is 0 Å². The van der Waals surface area contributed by atoms with Gasteiger partial charge in [-0.25, -0.2) is 27.0 Å². The molecule has 0 saturated heterocycles. The van der Waals surface area contributed by atoms with Gasteiger partial charge in [-0.1, -0.05) is 0 Å². The van der Waals surface area contributed by atoms with Crippen molar-refractivity contribution < 1.29 is 21.3 Å². The third kappa shape index (κ3) is 3.25. The normalized spacial score (nSPS) is 12.4. The second-order valence-corrected chi connectivity index (χ2v) is 8.28. The van der Waals surface area contributed by atoms with Crippen LogP contribution in [0.5, 0.6) is 0 Å². The number of primary sulfonamides is 1. The molecule has 0 bridgehead atoms. The maximum absolute atomic E-state index is 12.4. The highest BCUT2D eigenvalue weighted by molar-refractivity contribution is 7.92. The lowest BCUT2D eigenvalue weighted by atomic mass is 10.3. The molecule has 0 atom stereocenters. The number of hydrogen-bond acceptors (Lipinski definition) is 6. The number of fused-ring (bicyclic) bond motifs is 1. The molecule has 0 unspecified atom stereocenters. The fourth-order valence-corrected chi connectivity index (χ4v) is 3.69. The Morgan fingerprint density at radius 2 is 1.62 bits per heavy atom. The molecule has 3 rings (SSSR count). The third-order valence-corrected chi connectivity index (χ3v) is 5.54. The molecular weight excluding hydrogens is 354 g/mol. The lowest BCUT2D eigenvalue weighted by molar-refractivity contribution is 0.561. The van der Waals surface area contributed by atoms with Crippen LogP contribution < -0.4 is 9.86 Å². The minimum Gasteiger partial charge on any atom is -0.441 e. The van der Waals surface area contributed by atoms with Crippen molar-refractivity contribution in [2.24, 2.45) is 5.14 Å². The zero-order chi connectivity index (χ0) is 17.5. The number of rotatable bonds is 4. The Labute approximate surface area is 138 Å². The van der Waals surface area contributed by atoms with Crippen molar-refractivity contribution in [3.8, 4) is 0 Å². The number of nitrogens with one attached hydrogen (secondary N) is 1. The number of nitrogens with zero attached hydrogens (tertiary/aromatic N) is 1. The number of nitrogens with two attached hydrogens (primary N) is 1. The summed E-state index contributed by atoms with van der Waals surface area (Å²) >= 11 is 0. The lowest BCUT2D eigenvalue weighted by Crippen LogP contribution is -2.15. The fraction of sp³-hybridized carbons (Fsp3) is 0.0714. The minimum absolute atomic E-state index is 0.0914. The van der Waals surface area contributed by atoms with Gasteiger partial charge in [0.05, 0.1) is 15.5 Å². The average Bonchev–Trinajstić information content (AvgIpc) is 2.85. The summed E-state index contributed by atoms with van der Waals surface area (Å²) in [6.45, 7) is 1.69. The topological polar surface area (TPSA) is 132 Å². The molecule has 0 amide bonds. The summed E-state index contributed by atoms with van der Waals surface area (Å²) in [6, 6.07) is 9.30. The van der Waals surface area contributed by atoms with Gasteiger partial charge >= 0.3 is 0 Å². The monoisotopic (exact) mass is 367 g/mol. The van der Waals surface area contributed by atoms with Crippen LogP contribution in [0, 0.1) is 6.92 Å². The molecule has 1 aromatic heterocycles. The molecule has 0 aliphatic rings. The number of anilines is 1. The van der Waals surface area contributed by atoms with Gasteiger partial charge in [-0.05, 0) is 42.5 Å². The molecule has 1 heterocycles. The summed E-state index contributed by atoms with van der Waals surface area (Å²) in [7, 11) is -7.76. The Morgan fingerprint density at radius 1 is 1.00 bits per heavy atom. The van der Waals surface area contributed by atoms with Crippen LogP contribution >= 0.6 is 0 Å². The predicted octanol–water partition coefficient (Wildman–Crippen LogP) is 1.58. The molecule has 0 aliphatic carbocycles. The van der Waals surface area contributed by atoms with Gasteiger partial charge in [-0.3, -0.25) is 4.72 Å². The molecule has 10 heteroatoms. The number of sulfonamides is 2. The molecule has 3 aromatic rings. The third-order valence-electron chi connectivity index (χ3n) is 3.21. The standard InChI is InChI=1S/C14H13N3O5S2/c1-9-16-13-8-10(2-7-14(13)22-9)17-24(20,21)12-5-3-11(4-6-12)23(15,18)19/h2-8,17H,1H3,(H2,15,18,19). The van der Waals surface area contributed by atoms with Crippen LogP contribution in [0.25, 0.3) is 11.1 Å². The molecule has 0 spiro atoms. The highest BCUT2D eigenvalue weighted by atomic mass is 32.2. The quantitative estimate of drug-likeness (QED) is 0.719. The van der Waals surface area contributed by atoms with Crippen LogP contribution in [-0.4, -0.2) is 21.8 Å². The van der Waals surface area contributed by atoms with Crippen molar-refractivity contribution in [3.05, 3.63) is 48.4 Å². The van der Waals surface area contributed by atoms with Crippen molar-refractivity contribution >= 4 is 36.8 Å². The number of aromatic nitrogens is 1. The smallest absolute Gasteiger partial charge is 0.261 e. The van der Waals surface area contributed by atoms with Crippen LogP contribution in [0.3, 0.4) is 0 Å². The highest BCUT2D eigenvalue weighted by Crippen LogP contribution is 2.22. The first-order chi connectivity index (χ1) is 11.1. The molecule has 8 nitrogen and oxygen atoms in total. The van der Waals surface area contributed by atoms with E-state index in [1.807, 2.05) is 0 Å². The summed E-state index contributed by atoms with van der Waals surface area (Å²) in [4.78, 5) is 3.88.